The number of carbonyl (C=O) groups excluding carboxylic acids is 1. The largest absolute Gasteiger partial charge is 0.494 e. The van der Waals surface area contributed by atoms with Crippen LogP contribution < -0.4 is 10.1 Å². The number of benzene rings is 5. The van der Waals surface area contributed by atoms with Crippen molar-refractivity contribution in [2.75, 3.05) is 19.8 Å². The molecule has 0 aromatic heterocycles. The van der Waals surface area contributed by atoms with Gasteiger partial charge < -0.3 is 19.9 Å². The summed E-state index contributed by atoms with van der Waals surface area (Å²) in [5.41, 5.74) is 3.52. The van der Waals surface area contributed by atoms with Gasteiger partial charge in [-0.1, -0.05) is 119 Å². The third-order valence-corrected chi connectivity index (χ3v) is 8.92. The predicted octanol–water partition coefficient (Wildman–Crippen LogP) is 7.66. The van der Waals surface area contributed by atoms with Crippen molar-refractivity contribution in [3.05, 3.63) is 172 Å². The molecule has 6 rings (SSSR count). The van der Waals surface area contributed by atoms with Crippen molar-refractivity contribution in [2.24, 2.45) is 4.99 Å². The van der Waals surface area contributed by atoms with Gasteiger partial charge in [-0.05, 0) is 58.7 Å². The van der Waals surface area contributed by atoms with Crippen LogP contribution in [-0.4, -0.2) is 42.2 Å². The van der Waals surface area contributed by atoms with E-state index >= 15 is 0 Å². The number of aliphatic imine (C=N–C) groups is 1. The average Bonchev–Trinajstić information content (AvgIpc) is 3.50. The molecule has 0 spiro atoms. The number of rotatable bonds is 13. The van der Waals surface area contributed by atoms with Crippen LogP contribution in [0.3, 0.4) is 0 Å². The van der Waals surface area contributed by atoms with Crippen molar-refractivity contribution >= 4 is 27.7 Å². The first kappa shape index (κ1) is 32.2. The third-order valence-electron chi connectivity index (χ3n) is 8.39. The Morgan fingerprint density at radius 3 is 2.02 bits per heavy atom. The molecule has 238 valence electrons. The SMILES string of the molecule is O=C(NCC(c1ccccc1)c1ccccc1)[C@]1(Cc2ccccc2)N=C(c2ccc(OCCCO)cc2)O[C@@H]1c1ccc(Br)cc1. The standard InChI is InChI=1S/C40H37BrN2O4/c41-34-21-17-32(18-22-34)37-40(27-29-11-4-1-5-12-29,43-38(47-37)33-19-23-35(24-20-33)46-26-10-25-44)39(45)42-28-36(30-13-6-2-7-14-30)31-15-8-3-9-16-31/h1-9,11-24,36-37,44H,10,25-28H2,(H,42,45)/t37-,40-/m1/s1. The van der Waals surface area contributed by atoms with Gasteiger partial charge in [0.1, 0.15) is 5.75 Å². The van der Waals surface area contributed by atoms with Gasteiger partial charge in [0.2, 0.25) is 5.90 Å². The van der Waals surface area contributed by atoms with E-state index in [1.165, 1.54) is 0 Å². The zero-order chi connectivity index (χ0) is 32.5. The highest BCUT2D eigenvalue weighted by molar-refractivity contribution is 9.10. The zero-order valence-electron chi connectivity index (χ0n) is 26.0. The maximum Gasteiger partial charge on any atom is 0.252 e. The summed E-state index contributed by atoms with van der Waals surface area (Å²) in [6, 6.07) is 45.8. The number of hydrogen-bond donors (Lipinski definition) is 2. The lowest BCUT2D eigenvalue weighted by Crippen LogP contribution is -2.50. The van der Waals surface area contributed by atoms with Gasteiger partial charge in [-0.3, -0.25) is 4.79 Å². The second-order valence-electron chi connectivity index (χ2n) is 11.6. The Kier molecular flexibility index (Phi) is 10.5. The number of ether oxygens (including phenoxy) is 2. The Bertz CT molecular complexity index is 1730. The molecule has 0 unspecified atom stereocenters. The van der Waals surface area contributed by atoms with Crippen LogP contribution in [0, 0.1) is 0 Å². The van der Waals surface area contributed by atoms with Crippen molar-refractivity contribution < 1.29 is 19.4 Å². The molecule has 0 saturated heterocycles. The highest BCUT2D eigenvalue weighted by atomic mass is 79.9. The maximum absolute atomic E-state index is 14.8. The van der Waals surface area contributed by atoms with Gasteiger partial charge in [0.25, 0.3) is 5.91 Å². The summed E-state index contributed by atoms with van der Waals surface area (Å²) in [4.78, 5) is 20.0. The zero-order valence-corrected chi connectivity index (χ0v) is 27.6. The molecule has 0 aliphatic carbocycles. The lowest BCUT2D eigenvalue weighted by atomic mass is 9.81. The van der Waals surface area contributed by atoms with Crippen LogP contribution in [0.25, 0.3) is 0 Å². The number of aliphatic hydroxyl groups is 1. The number of nitrogens with zero attached hydrogens (tertiary/aromatic N) is 1. The molecule has 47 heavy (non-hydrogen) atoms. The highest BCUT2D eigenvalue weighted by Gasteiger charge is 2.53. The van der Waals surface area contributed by atoms with Crippen LogP contribution in [-0.2, 0) is 16.0 Å². The minimum atomic E-state index is -1.29. The molecule has 1 amide bonds. The molecule has 0 bridgehead atoms. The first-order valence-electron chi connectivity index (χ1n) is 15.8. The van der Waals surface area contributed by atoms with E-state index < -0.39 is 11.6 Å². The second kappa shape index (κ2) is 15.2. The Balaban J connectivity index is 1.39. The van der Waals surface area contributed by atoms with Crippen molar-refractivity contribution in [3.63, 3.8) is 0 Å². The molecule has 1 aliphatic heterocycles. The lowest BCUT2D eigenvalue weighted by Gasteiger charge is -2.31. The lowest BCUT2D eigenvalue weighted by molar-refractivity contribution is -0.129. The quantitative estimate of drug-likeness (QED) is 0.125. The number of halogens is 1. The van der Waals surface area contributed by atoms with E-state index in [0.717, 1.165) is 32.3 Å². The summed E-state index contributed by atoms with van der Waals surface area (Å²) in [5, 5.41) is 12.4. The first-order valence-corrected chi connectivity index (χ1v) is 16.6. The van der Waals surface area contributed by atoms with Crippen molar-refractivity contribution in [3.8, 4) is 5.75 Å². The predicted molar refractivity (Wildman–Crippen MR) is 189 cm³/mol. The molecule has 2 atom stereocenters. The Labute approximate surface area is 284 Å². The Morgan fingerprint density at radius 1 is 0.830 bits per heavy atom. The fraction of sp³-hybridized carbons (Fsp3) is 0.200. The number of aliphatic hydroxyl groups excluding tert-OH is 1. The molecule has 5 aromatic carbocycles. The smallest absolute Gasteiger partial charge is 0.252 e. The molecule has 1 heterocycles. The second-order valence-corrected chi connectivity index (χ2v) is 12.5. The Morgan fingerprint density at radius 2 is 1.43 bits per heavy atom. The van der Waals surface area contributed by atoms with E-state index in [-0.39, 0.29) is 18.4 Å². The summed E-state index contributed by atoms with van der Waals surface area (Å²) >= 11 is 3.55. The minimum absolute atomic E-state index is 0.0506. The van der Waals surface area contributed by atoms with E-state index in [1.54, 1.807) is 0 Å². The first-order chi connectivity index (χ1) is 23.1. The van der Waals surface area contributed by atoms with Gasteiger partial charge in [0, 0.05) is 41.9 Å². The van der Waals surface area contributed by atoms with E-state index in [1.807, 2.05) is 115 Å². The minimum Gasteiger partial charge on any atom is -0.494 e. The summed E-state index contributed by atoms with van der Waals surface area (Å²) in [6.45, 7) is 0.886. The molecule has 1 aliphatic rings. The Hall–Kier alpha value is -4.72. The molecule has 6 nitrogen and oxygen atoms in total. The summed E-state index contributed by atoms with van der Waals surface area (Å²) in [5.74, 6) is 0.829. The summed E-state index contributed by atoms with van der Waals surface area (Å²) < 4.78 is 13.4. The van der Waals surface area contributed by atoms with Gasteiger partial charge in [-0.2, -0.15) is 0 Å². The fourth-order valence-corrected chi connectivity index (χ4v) is 6.24. The van der Waals surface area contributed by atoms with E-state index in [4.69, 9.17) is 19.6 Å². The molecule has 5 aromatic rings. The topological polar surface area (TPSA) is 80.2 Å². The molecule has 0 radical (unpaired) electrons. The van der Waals surface area contributed by atoms with Crippen LogP contribution >= 0.6 is 15.9 Å². The van der Waals surface area contributed by atoms with Gasteiger partial charge in [-0.25, -0.2) is 4.99 Å². The van der Waals surface area contributed by atoms with Crippen LogP contribution in [0.1, 0.15) is 46.3 Å². The number of nitrogens with one attached hydrogen (secondary N) is 1. The van der Waals surface area contributed by atoms with Crippen LogP contribution in [0.15, 0.2) is 149 Å². The number of hydrogen-bond acceptors (Lipinski definition) is 5. The molecule has 2 N–H and O–H groups in total. The normalized spacial score (nSPS) is 17.2. The summed E-state index contributed by atoms with van der Waals surface area (Å²) in [7, 11) is 0. The molecule has 7 heteroatoms. The molecule has 0 saturated carbocycles. The van der Waals surface area contributed by atoms with Gasteiger partial charge >= 0.3 is 0 Å². The van der Waals surface area contributed by atoms with Crippen LogP contribution in [0.5, 0.6) is 5.75 Å². The average molecular weight is 690 g/mol. The van der Waals surface area contributed by atoms with Crippen molar-refractivity contribution in [1.29, 1.82) is 0 Å². The molecular weight excluding hydrogens is 652 g/mol. The fourth-order valence-electron chi connectivity index (χ4n) is 5.97. The molecular formula is C40H37BrN2O4. The summed E-state index contributed by atoms with van der Waals surface area (Å²) in [6.07, 6.45) is 0.213. The van der Waals surface area contributed by atoms with Crippen molar-refractivity contribution in [2.45, 2.75) is 30.4 Å². The van der Waals surface area contributed by atoms with E-state index in [2.05, 4.69) is 45.5 Å². The van der Waals surface area contributed by atoms with Crippen LogP contribution in [0.2, 0.25) is 0 Å². The van der Waals surface area contributed by atoms with E-state index in [0.29, 0.717) is 37.6 Å². The van der Waals surface area contributed by atoms with Gasteiger partial charge in [-0.15, -0.1) is 0 Å². The monoisotopic (exact) mass is 688 g/mol. The van der Waals surface area contributed by atoms with Crippen molar-refractivity contribution in [1.82, 2.24) is 5.32 Å². The van der Waals surface area contributed by atoms with Gasteiger partial charge in [0.15, 0.2) is 11.6 Å². The number of carbonyl (C=O) groups is 1. The maximum atomic E-state index is 14.8. The van der Waals surface area contributed by atoms with Gasteiger partial charge in [0.05, 0.1) is 6.61 Å². The third kappa shape index (κ3) is 7.64. The van der Waals surface area contributed by atoms with Crippen LogP contribution in [0.4, 0.5) is 0 Å². The number of amides is 1. The molecule has 0 fully saturated rings. The van der Waals surface area contributed by atoms with E-state index in [9.17, 15) is 4.79 Å². The highest BCUT2D eigenvalue weighted by Crippen LogP contribution is 2.43.